The van der Waals surface area contributed by atoms with E-state index in [0.717, 1.165) is 6.42 Å². The van der Waals surface area contributed by atoms with Gasteiger partial charge in [0.05, 0.1) is 10.7 Å². The lowest BCUT2D eigenvalue weighted by atomic mass is 9.97. The van der Waals surface area contributed by atoms with Crippen LogP contribution >= 0.6 is 11.6 Å². The molecule has 1 aliphatic rings. The van der Waals surface area contributed by atoms with Crippen molar-refractivity contribution in [3.05, 3.63) is 53.1 Å². The zero-order valence-electron chi connectivity index (χ0n) is 15.8. The Morgan fingerprint density at radius 1 is 1.11 bits per heavy atom. The minimum Gasteiger partial charge on any atom is -0.486 e. The van der Waals surface area contributed by atoms with Crippen molar-refractivity contribution in [3.8, 4) is 11.5 Å². The number of amides is 2. The molecule has 0 aliphatic carbocycles. The number of ether oxygens (including phenoxy) is 2. The van der Waals surface area contributed by atoms with E-state index >= 15 is 0 Å². The number of hydrogen-bond donors (Lipinski definition) is 2. The maximum atomic E-state index is 12.9. The Labute approximate surface area is 169 Å². The van der Waals surface area contributed by atoms with E-state index in [1.807, 2.05) is 19.9 Å². The second kappa shape index (κ2) is 8.97. The molecule has 0 saturated carbocycles. The summed E-state index contributed by atoms with van der Waals surface area (Å²) in [7, 11) is 0. The molecule has 2 atom stereocenters. The minimum absolute atomic E-state index is 0.0661. The number of anilines is 1. The lowest BCUT2D eigenvalue weighted by Crippen LogP contribution is -2.47. The highest BCUT2D eigenvalue weighted by Crippen LogP contribution is 2.38. The third-order valence-electron chi connectivity index (χ3n) is 4.71. The molecule has 2 aromatic carbocycles. The van der Waals surface area contributed by atoms with Gasteiger partial charge in [0.15, 0.2) is 11.5 Å². The Morgan fingerprint density at radius 3 is 2.39 bits per heavy atom. The van der Waals surface area contributed by atoms with Gasteiger partial charge in [-0.15, -0.1) is 0 Å². The largest absolute Gasteiger partial charge is 0.486 e. The van der Waals surface area contributed by atoms with Gasteiger partial charge in [-0.3, -0.25) is 9.59 Å². The fraction of sp³-hybridized carbons (Fsp3) is 0.333. The summed E-state index contributed by atoms with van der Waals surface area (Å²) in [5.74, 6) is 0.375. The van der Waals surface area contributed by atoms with Gasteiger partial charge in [-0.2, -0.15) is 0 Å². The normalized spacial score (nSPS) is 14.7. The molecule has 2 N–H and O–H groups in total. The monoisotopic (exact) mass is 402 g/mol. The van der Waals surface area contributed by atoms with Gasteiger partial charge in [0, 0.05) is 17.7 Å². The fourth-order valence-corrected chi connectivity index (χ4v) is 3.09. The molecule has 2 unspecified atom stereocenters. The Kier molecular flexibility index (Phi) is 6.41. The summed E-state index contributed by atoms with van der Waals surface area (Å²) in [4.78, 5) is 25.5. The summed E-state index contributed by atoms with van der Waals surface area (Å²) >= 11 is 6.29. The number of halogens is 1. The van der Waals surface area contributed by atoms with Crippen molar-refractivity contribution in [2.45, 2.75) is 26.3 Å². The van der Waals surface area contributed by atoms with Crippen LogP contribution in [0.3, 0.4) is 0 Å². The minimum atomic E-state index is -0.707. The van der Waals surface area contributed by atoms with Crippen molar-refractivity contribution in [3.63, 3.8) is 0 Å². The van der Waals surface area contributed by atoms with Gasteiger partial charge in [-0.25, -0.2) is 0 Å². The first kappa shape index (κ1) is 20.0. The topological polar surface area (TPSA) is 76.7 Å². The standard InChI is InChI=1S/C21H23ClN2O4/c1-3-13(2)19(24-20(25)14-7-5-4-6-8-14)21(26)23-16-12-18-17(11-15(16)22)27-9-10-28-18/h4-8,11-13,19H,3,9-10H2,1-2H3,(H,23,26)(H,24,25). The summed E-state index contributed by atoms with van der Waals surface area (Å²) in [5.41, 5.74) is 0.916. The van der Waals surface area contributed by atoms with Crippen molar-refractivity contribution >= 4 is 29.1 Å². The summed E-state index contributed by atoms with van der Waals surface area (Å²) in [5, 5.41) is 5.99. The summed E-state index contributed by atoms with van der Waals surface area (Å²) in [6.45, 7) is 4.78. The van der Waals surface area contributed by atoms with Gasteiger partial charge in [0.25, 0.3) is 5.91 Å². The zero-order chi connectivity index (χ0) is 20.1. The highest BCUT2D eigenvalue weighted by molar-refractivity contribution is 6.34. The van der Waals surface area contributed by atoms with Crippen molar-refractivity contribution in [1.82, 2.24) is 5.32 Å². The van der Waals surface area contributed by atoms with Crippen molar-refractivity contribution in [1.29, 1.82) is 0 Å². The van der Waals surface area contributed by atoms with Gasteiger partial charge in [0.2, 0.25) is 5.91 Å². The first-order valence-electron chi connectivity index (χ1n) is 9.25. The summed E-state index contributed by atoms with van der Waals surface area (Å²) < 4.78 is 11.0. The number of carbonyl (C=O) groups excluding carboxylic acids is 2. The molecule has 2 aromatic rings. The van der Waals surface area contributed by atoms with Gasteiger partial charge in [-0.1, -0.05) is 50.1 Å². The highest BCUT2D eigenvalue weighted by Gasteiger charge is 2.27. The molecule has 6 nitrogen and oxygen atoms in total. The Bertz CT molecular complexity index is 857. The lowest BCUT2D eigenvalue weighted by Gasteiger charge is -2.25. The smallest absolute Gasteiger partial charge is 0.251 e. The van der Waals surface area contributed by atoms with E-state index in [9.17, 15) is 9.59 Å². The molecule has 3 rings (SSSR count). The van der Waals surface area contributed by atoms with Crippen LogP contribution in [0.15, 0.2) is 42.5 Å². The van der Waals surface area contributed by atoms with Gasteiger partial charge < -0.3 is 20.1 Å². The molecular weight excluding hydrogens is 380 g/mol. The quantitative estimate of drug-likeness (QED) is 0.768. The van der Waals surface area contributed by atoms with E-state index in [0.29, 0.717) is 41.0 Å². The molecule has 1 heterocycles. The van der Waals surface area contributed by atoms with Gasteiger partial charge >= 0.3 is 0 Å². The van der Waals surface area contributed by atoms with Crippen molar-refractivity contribution in [2.24, 2.45) is 5.92 Å². The van der Waals surface area contributed by atoms with Crippen LogP contribution in [-0.4, -0.2) is 31.1 Å². The van der Waals surface area contributed by atoms with Crippen LogP contribution < -0.4 is 20.1 Å². The maximum Gasteiger partial charge on any atom is 0.251 e. The number of benzene rings is 2. The molecule has 0 radical (unpaired) electrons. The average molecular weight is 403 g/mol. The second-order valence-electron chi connectivity index (χ2n) is 6.67. The molecule has 0 saturated heterocycles. The molecule has 7 heteroatoms. The van der Waals surface area contributed by atoms with E-state index < -0.39 is 6.04 Å². The molecule has 148 valence electrons. The number of carbonyl (C=O) groups is 2. The maximum absolute atomic E-state index is 12.9. The molecule has 0 fully saturated rings. The van der Waals surface area contributed by atoms with Crippen molar-refractivity contribution in [2.75, 3.05) is 18.5 Å². The van der Waals surface area contributed by atoms with E-state index in [1.54, 1.807) is 36.4 Å². The van der Waals surface area contributed by atoms with E-state index in [2.05, 4.69) is 10.6 Å². The number of rotatable bonds is 6. The highest BCUT2D eigenvalue weighted by atomic mass is 35.5. The average Bonchev–Trinajstić information content (AvgIpc) is 2.72. The predicted molar refractivity (Wildman–Crippen MR) is 108 cm³/mol. The van der Waals surface area contributed by atoms with Gasteiger partial charge in [-0.05, 0) is 18.1 Å². The van der Waals surface area contributed by atoms with E-state index in [-0.39, 0.29) is 17.7 Å². The number of fused-ring (bicyclic) bond motifs is 1. The first-order chi connectivity index (χ1) is 13.5. The summed E-state index contributed by atoms with van der Waals surface area (Å²) in [6.07, 6.45) is 0.724. The molecule has 0 bridgehead atoms. The van der Waals surface area contributed by atoms with Crippen LogP contribution in [0.1, 0.15) is 30.6 Å². The second-order valence-corrected chi connectivity index (χ2v) is 7.07. The zero-order valence-corrected chi connectivity index (χ0v) is 16.6. The predicted octanol–water partition coefficient (Wildman–Crippen LogP) is 3.89. The van der Waals surface area contributed by atoms with E-state index in [1.165, 1.54) is 0 Å². The lowest BCUT2D eigenvalue weighted by molar-refractivity contribution is -0.119. The first-order valence-corrected chi connectivity index (χ1v) is 9.63. The molecule has 0 spiro atoms. The summed E-state index contributed by atoms with van der Waals surface area (Å²) in [6, 6.07) is 11.4. The van der Waals surface area contributed by atoms with E-state index in [4.69, 9.17) is 21.1 Å². The van der Waals surface area contributed by atoms with Gasteiger partial charge in [0.1, 0.15) is 19.3 Å². The SMILES string of the molecule is CCC(C)C(NC(=O)c1ccccc1)C(=O)Nc1cc2c(cc1Cl)OCCO2. The van der Waals surface area contributed by atoms with Crippen LogP contribution in [0.4, 0.5) is 5.69 Å². The third kappa shape index (κ3) is 4.57. The molecule has 1 aliphatic heterocycles. The third-order valence-corrected chi connectivity index (χ3v) is 5.02. The Morgan fingerprint density at radius 2 is 1.75 bits per heavy atom. The van der Waals surface area contributed by atoms with Crippen molar-refractivity contribution < 1.29 is 19.1 Å². The molecule has 28 heavy (non-hydrogen) atoms. The Hall–Kier alpha value is -2.73. The Balaban J connectivity index is 1.77. The van der Waals surface area contributed by atoms with Crippen LogP contribution in [0.25, 0.3) is 0 Å². The van der Waals surface area contributed by atoms with Crippen LogP contribution in [0, 0.1) is 5.92 Å². The number of hydrogen-bond acceptors (Lipinski definition) is 4. The fourth-order valence-electron chi connectivity index (χ4n) is 2.89. The molecule has 0 aromatic heterocycles. The van der Waals surface area contributed by atoms with Crippen LogP contribution in [0.2, 0.25) is 5.02 Å². The van der Waals surface area contributed by atoms with Crippen LogP contribution in [-0.2, 0) is 4.79 Å². The van der Waals surface area contributed by atoms with Crippen LogP contribution in [0.5, 0.6) is 11.5 Å². The molecule has 2 amide bonds. The molecular formula is C21H23ClN2O4. The number of nitrogens with one attached hydrogen (secondary N) is 2.